The number of para-hydroxylation sites is 1. The third-order valence-electron chi connectivity index (χ3n) is 6.16. The van der Waals surface area contributed by atoms with Gasteiger partial charge in [-0.3, -0.25) is 0 Å². The highest BCUT2D eigenvalue weighted by Crippen LogP contribution is 2.72. The van der Waals surface area contributed by atoms with Crippen LogP contribution in [0.3, 0.4) is 0 Å². The topological polar surface area (TPSA) is 21.3 Å². The van der Waals surface area contributed by atoms with Crippen LogP contribution in [0.25, 0.3) is 0 Å². The maximum Gasteiger partial charge on any atom is 0.127 e. The third kappa shape index (κ3) is 2.19. The Hall–Kier alpha value is -1.02. The van der Waals surface area contributed by atoms with Crippen molar-refractivity contribution in [1.29, 1.82) is 0 Å². The van der Waals surface area contributed by atoms with E-state index in [1.54, 1.807) is 0 Å². The quantitative estimate of drug-likeness (QED) is 0.869. The van der Waals surface area contributed by atoms with Crippen LogP contribution in [-0.4, -0.2) is 13.2 Å². The van der Waals surface area contributed by atoms with Crippen LogP contribution >= 0.6 is 0 Å². The molecule has 0 saturated heterocycles. The van der Waals surface area contributed by atoms with E-state index in [0.717, 1.165) is 25.3 Å². The van der Waals surface area contributed by atoms with Gasteiger partial charge in [-0.2, -0.15) is 0 Å². The van der Waals surface area contributed by atoms with Gasteiger partial charge in [0.1, 0.15) is 5.75 Å². The van der Waals surface area contributed by atoms with E-state index in [1.807, 2.05) is 0 Å². The van der Waals surface area contributed by atoms with E-state index in [1.165, 1.54) is 17.5 Å². The van der Waals surface area contributed by atoms with E-state index in [-0.39, 0.29) is 0 Å². The highest BCUT2D eigenvalue weighted by Gasteiger charge is 2.67. The van der Waals surface area contributed by atoms with Gasteiger partial charge in [-0.25, -0.2) is 0 Å². The molecule has 1 unspecified atom stereocenters. The van der Waals surface area contributed by atoms with Gasteiger partial charge in [0.15, 0.2) is 0 Å². The van der Waals surface area contributed by atoms with Gasteiger partial charge in [-0.15, -0.1) is 0 Å². The van der Waals surface area contributed by atoms with Crippen molar-refractivity contribution in [2.45, 2.75) is 53.5 Å². The third-order valence-corrected chi connectivity index (χ3v) is 6.16. The molecule has 0 spiro atoms. The lowest BCUT2D eigenvalue weighted by Gasteiger charge is -2.23. The summed E-state index contributed by atoms with van der Waals surface area (Å²) in [5.74, 6) is 1.82. The van der Waals surface area contributed by atoms with Crippen molar-refractivity contribution in [3.63, 3.8) is 0 Å². The van der Waals surface area contributed by atoms with Gasteiger partial charge < -0.3 is 10.1 Å². The van der Waals surface area contributed by atoms with Crippen LogP contribution in [0.5, 0.6) is 5.75 Å². The van der Waals surface area contributed by atoms with Crippen LogP contribution in [0.2, 0.25) is 0 Å². The summed E-state index contributed by atoms with van der Waals surface area (Å²) in [7, 11) is 0. The average Bonchev–Trinajstić information content (AvgIpc) is 2.82. The molecule has 116 valence electrons. The zero-order valence-corrected chi connectivity index (χ0v) is 14.1. The number of benzene rings is 1. The first-order chi connectivity index (χ1) is 9.91. The molecule has 0 radical (unpaired) electrons. The standard InChI is InChI=1S/C19H29NO/c1-6-11-20-15(17-18(2,3)19(17,4)5)14-9-7-8-13-10-12-21-16(13)14/h7-9,15,17,20H,6,10-12H2,1-5H3. The lowest BCUT2D eigenvalue weighted by atomic mass is 9.94. The Kier molecular flexibility index (Phi) is 3.56. The van der Waals surface area contributed by atoms with Crippen LogP contribution < -0.4 is 10.1 Å². The molecular formula is C19H29NO. The van der Waals surface area contributed by atoms with Gasteiger partial charge in [-0.1, -0.05) is 52.8 Å². The van der Waals surface area contributed by atoms with Crippen LogP contribution in [0.4, 0.5) is 0 Å². The van der Waals surface area contributed by atoms with Gasteiger partial charge in [0.05, 0.1) is 6.61 Å². The van der Waals surface area contributed by atoms with Crippen LogP contribution in [-0.2, 0) is 6.42 Å². The second kappa shape index (κ2) is 5.01. The van der Waals surface area contributed by atoms with Gasteiger partial charge in [0.2, 0.25) is 0 Å². The molecule has 1 aromatic carbocycles. The molecule has 2 nitrogen and oxygen atoms in total. The minimum absolute atomic E-state index is 0.375. The molecule has 1 aliphatic heterocycles. The zero-order valence-electron chi connectivity index (χ0n) is 14.1. The fourth-order valence-electron chi connectivity index (χ4n) is 4.27. The molecule has 0 aromatic heterocycles. The van der Waals surface area contributed by atoms with E-state index >= 15 is 0 Å². The molecule has 1 N–H and O–H groups in total. The summed E-state index contributed by atoms with van der Waals surface area (Å²) < 4.78 is 5.96. The van der Waals surface area contributed by atoms with Crippen molar-refractivity contribution in [3.05, 3.63) is 29.3 Å². The zero-order chi connectivity index (χ0) is 15.3. The molecule has 0 bridgehead atoms. The lowest BCUT2D eigenvalue weighted by molar-refractivity contribution is 0.338. The molecular weight excluding hydrogens is 258 g/mol. The molecule has 2 aliphatic rings. The summed E-state index contributed by atoms with van der Waals surface area (Å²) >= 11 is 0. The Balaban J connectivity index is 1.96. The van der Waals surface area contributed by atoms with Gasteiger partial charge in [0.25, 0.3) is 0 Å². The smallest absolute Gasteiger partial charge is 0.127 e. The minimum Gasteiger partial charge on any atom is -0.493 e. The van der Waals surface area contributed by atoms with Gasteiger partial charge in [0, 0.05) is 18.0 Å². The summed E-state index contributed by atoms with van der Waals surface area (Å²) in [6.45, 7) is 13.8. The maximum absolute atomic E-state index is 5.96. The lowest BCUT2D eigenvalue weighted by Crippen LogP contribution is -2.26. The molecule has 1 heterocycles. The predicted molar refractivity (Wildman–Crippen MR) is 87.7 cm³/mol. The van der Waals surface area contributed by atoms with E-state index in [0.29, 0.717) is 22.8 Å². The molecule has 0 amide bonds. The van der Waals surface area contributed by atoms with E-state index in [4.69, 9.17) is 4.74 Å². The Morgan fingerprint density at radius 2 is 1.95 bits per heavy atom. The monoisotopic (exact) mass is 287 g/mol. The number of nitrogens with one attached hydrogen (secondary N) is 1. The summed E-state index contributed by atoms with van der Waals surface area (Å²) in [4.78, 5) is 0. The highest BCUT2D eigenvalue weighted by molar-refractivity contribution is 5.47. The molecule has 1 atom stereocenters. The Morgan fingerprint density at radius 1 is 1.24 bits per heavy atom. The van der Waals surface area contributed by atoms with Crippen molar-refractivity contribution in [1.82, 2.24) is 5.32 Å². The van der Waals surface area contributed by atoms with E-state index in [9.17, 15) is 0 Å². The number of hydrogen-bond donors (Lipinski definition) is 1. The first kappa shape index (κ1) is 14.9. The van der Waals surface area contributed by atoms with E-state index in [2.05, 4.69) is 58.1 Å². The minimum atomic E-state index is 0.375. The summed E-state index contributed by atoms with van der Waals surface area (Å²) in [6, 6.07) is 7.09. The normalized spacial score (nSPS) is 23.5. The number of fused-ring (bicyclic) bond motifs is 1. The maximum atomic E-state index is 5.96. The molecule has 3 rings (SSSR count). The van der Waals surface area contributed by atoms with Crippen LogP contribution in [0.1, 0.15) is 58.2 Å². The first-order valence-electron chi connectivity index (χ1n) is 8.39. The molecule has 1 fully saturated rings. The first-order valence-corrected chi connectivity index (χ1v) is 8.39. The molecule has 1 aliphatic carbocycles. The Labute approximate surface area is 129 Å². The molecule has 2 heteroatoms. The number of ether oxygens (including phenoxy) is 1. The van der Waals surface area contributed by atoms with Crippen molar-refractivity contribution in [3.8, 4) is 5.75 Å². The van der Waals surface area contributed by atoms with Crippen molar-refractivity contribution >= 4 is 0 Å². The second-order valence-corrected chi connectivity index (χ2v) is 7.79. The average molecular weight is 287 g/mol. The van der Waals surface area contributed by atoms with Crippen molar-refractivity contribution < 1.29 is 4.74 Å². The fraction of sp³-hybridized carbons (Fsp3) is 0.684. The summed E-state index contributed by atoms with van der Waals surface area (Å²) in [6.07, 6.45) is 2.22. The Bertz CT molecular complexity index is 518. The predicted octanol–water partition coefficient (Wildman–Crippen LogP) is 4.34. The van der Waals surface area contributed by atoms with Crippen LogP contribution in [0, 0.1) is 16.7 Å². The largest absolute Gasteiger partial charge is 0.493 e. The highest BCUT2D eigenvalue weighted by atomic mass is 16.5. The summed E-state index contributed by atoms with van der Waals surface area (Å²) in [5, 5.41) is 3.81. The van der Waals surface area contributed by atoms with Gasteiger partial charge in [-0.05, 0) is 35.3 Å². The summed E-state index contributed by atoms with van der Waals surface area (Å²) in [5.41, 5.74) is 3.51. The van der Waals surface area contributed by atoms with Gasteiger partial charge >= 0.3 is 0 Å². The van der Waals surface area contributed by atoms with Crippen molar-refractivity contribution in [2.24, 2.45) is 16.7 Å². The number of rotatable bonds is 5. The van der Waals surface area contributed by atoms with Crippen LogP contribution in [0.15, 0.2) is 18.2 Å². The Morgan fingerprint density at radius 3 is 2.57 bits per heavy atom. The number of hydrogen-bond acceptors (Lipinski definition) is 2. The SMILES string of the molecule is CCCNC(c1cccc2c1OCC2)C1C(C)(C)C1(C)C. The second-order valence-electron chi connectivity index (χ2n) is 7.79. The molecule has 1 saturated carbocycles. The van der Waals surface area contributed by atoms with Crippen molar-refractivity contribution in [2.75, 3.05) is 13.2 Å². The molecule has 1 aromatic rings. The van der Waals surface area contributed by atoms with E-state index < -0.39 is 0 Å². The fourth-order valence-corrected chi connectivity index (χ4v) is 4.27. The molecule has 21 heavy (non-hydrogen) atoms.